The SMILES string of the molecule is Cc1cc2oc(=O)cc(CNCCCSc3ccccc3)c2cc1Cl. The van der Waals surface area contributed by atoms with Crippen molar-refractivity contribution in [2.24, 2.45) is 0 Å². The van der Waals surface area contributed by atoms with E-state index < -0.39 is 0 Å². The van der Waals surface area contributed by atoms with Crippen molar-refractivity contribution >= 4 is 34.3 Å². The standard InChI is InChI=1S/C20H20ClNO2S/c1-14-10-19-17(12-18(14)21)15(11-20(23)24-19)13-22-8-5-9-25-16-6-3-2-4-7-16/h2-4,6-7,10-12,22H,5,8-9,13H2,1H3. The molecule has 1 N–H and O–H groups in total. The molecule has 3 nitrogen and oxygen atoms in total. The lowest BCUT2D eigenvalue weighted by molar-refractivity contribution is 0.556. The second-order valence-electron chi connectivity index (χ2n) is 5.88. The predicted octanol–water partition coefficient (Wildman–Crippen LogP) is 5.03. The van der Waals surface area contributed by atoms with E-state index in [1.165, 1.54) is 4.90 Å². The molecule has 0 saturated heterocycles. The van der Waals surface area contributed by atoms with E-state index in [0.717, 1.165) is 35.2 Å². The Kier molecular flexibility index (Phi) is 6.19. The van der Waals surface area contributed by atoms with Crippen LogP contribution in [0.1, 0.15) is 17.5 Å². The monoisotopic (exact) mass is 373 g/mol. The van der Waals surface area contributed by atoms with Crippen LogP contribution in [-0.4, -0.2) is 12.3 Å². The zero-order valence-corrected chi connectivity index (χ0v) is 15.6. The highest BCUT2D eigenvalue weighted by Crippen LogP contribution is 2.25. The lowest BCUT2D eigenvalue weighted by Gasteiger charge is -2.09. The summed E-state index contributed by atoms with van der Waals surface area (Å²) in [5.41, 5.74) is 2.08. The Labute approximate surface area is 156 Å². The van der Waals surface area contributed by atoms with Gasteiger partial charge in [-0.05, 0) is 61.0 Å². The van der Waals surface area contributed by atoms with Crippen LogP contribution in [0.4, 0.5) is 0 Å². The second-order valence-corrected chi connectivity index (χ2v) is 7.46. The van der Waals surface area contributed by atoms with Crippen molar-refractivity contribution in [2.45, 2.75) is 24.8 Å². The van der Waals surface area contributed by atoms with Crippen molar-refractivity contribution in [3.8, 4) is 0 Å². The van der Waals surface area contributed by atoms with Crippen LogP contribution in [0, 0.1) is 6.92 Å². The Bertz CT molecular complexity index is 909. The van der Waals surface area contributed by atoms with Crippen molar-refractivity contribution in [3.05, 3.63) is 75.1 Å². The van der Waals surface area contributed by atoms with Gasteiger partial charge in [0.05, 0.1) is 0 Å². The van der Waals surface area contributed by atoms with E-state index in [0.29, 0.717) is 17.2 Å². The Hall–Kier alpha value is -1.75. The minimum atomic E-state index is -0.328. The fraction of sp³-hybridized carbons (Fsp3) is 0.250. The van der Waals surface area contributed by atoms with Gasteiger partial charge < -0.3 is 9.73 Å². The van der Waals surface area contributed by atoms with E-state index in [4.69, 9.17) is 16.0 Å². The highest BCUT2D eigenvalue weighted by Gasteiger charge is 2.08. The van der Waals surface area contributed by atoms with Gasteiger partial charge in [-0.2, -0.15) is 0 Å². The molecule has 0 saturated carbocycles. The number of halogens is 1. The smallest absolute Gasteiger partial charge is 0.336 e. The number of hydrogen-bond acceptors (Lipinski definition) is 4. The van der Waals surface area contributed by atoms with Gasteiger partial charge >= 0.3 is 5.63 Å². The van der Waals surface area contributed by atoms with Crippen molar-refractivity contribution in [2.75, 3.05) is 12.3 Å². The molecular formula is C20H20ClNO2S. The van der Waals surface area contributed by atoms with Gasteiger partial charge in [-0.25, -0.2) is 4.79 Å². The number of nitrogens with one attached hydrogen (secondary N) is 1. The molecule has 0 spiro atoms. The average molecular weight is 374 g/mol. The fourth-order valence-electron chi connectivity index (χ4n) is 2.62. The third-order valence-electron chi connectivity index (χ3n) is 3.93. The number of benzene rings is 2. The van der Waals surface area contributed by atoms with Crippen LogP contribution in [0.25, 0.3) is 11.0 Å². The quantitative estimate of drug-likeness (QED) is 0.358. The fourth-order valence-corrected chi connectivity index (χ4v) is 3.66. The van der Waals surface area contributed by atoms with E-state index in [1.54, 1.807) is 6.07 Å². The normalized spacial score (nSPS) is 11.1. The summed E-state index contributed by atoms with van der Waals surface area (Å²) in [5.74, 6) is 1.06. The van der Waals surface area contributed by atoms with E-state index in [-0.39, 0.29) is 5.63 Å². The maximum Gasteiger partial charge on any atom is 0.336 e. The lowest BCUT2D eigenvalue weighted by Crippen LogP contribution is -2.16. The first-order chi connectivity index (χ1) is 12.1. The molecule has 0 fully saturated rings. The van der Waals surface area contributed by atoms with Gasteiger partial charge in [-0.1, -0.05) is 29.8 Å². The Morgan fingerprint density at radius 3 is 2.76 bits per heavy atom. The number of thioether (sulfide) groups is 1. The maximum absolute atomic E-state index is 11.8. The zero-order valence-electron chi connectivity index (χ0n) is 14.0. The summed E-state index contributed by atoms with van der Waals surface area (Å²) >= 11 is 8.07. The number of hydrogen-bond donors (Lipinski definition) is 1. The van der Waals surface area contributed by atoms with Gasteiger partial charge in [-0.15, -0.1) is 11.8 Å². The molecule has 2 aromatic carbocycles. The summed E-state index contributed by atoms with van der Waals surface area (Å²) in [6, 6.07) is 15.6. The Morgan fingerprint density at radius 1 is 1.16 bits per heavy atom. The predicted molar refractivity (Wildman–Crippen MR) is 106 cm³/mol. The molecule has 3 rings (SSSR count). The van der Waals surface area contributed by atoms with Gasteiger partial charge in [-0.3, -0.25) is 0 Å². The van der Waals surface area contributed by atoms with E-state index >= 15 is 0 Å². The number of aryl methyl sites for hydroxylation is 1. The van der Waals surface area contributed by atoms with Gasteiger partial charge in [0, 0.05) is 27.9 Å². The van der Waals surface area contributed by atoms with Gasteiger partial charge in [0.1, 0.15) is 5.58 Å². The first-order valence-corrected chi connectivity index (χ1v) is 9.61. The Morgan fingerprint density at radius 2 is 1.96 bits per heavy atom. The van der Waals surface area contributed by atoms with Gasteiger partial charge in [0.2, 0.25) is 0 Å². The molecule has 0 atom stereocenters. The van der Waals surface area contributed by atoms with Crippen molar-refractivity contribution in [1.29, 1.82) is 0 Å². The van der Waals surface area contributed by atoms with E-state index in [2.05, 4.69) is 29.6 Å². The summed E-state index contributed by atoms with van der Waals surface area (Å²) in [5, 5.41) is 4.98. The van der Waals surface area contributed by atoms with E-state index in [1.807, 2.05) is 36.9 Å². The minimum absolute atomic E-state index is 0.328. The first-order valence-electron chi connectivity index (χ1n) is 8.25. The summed E-state index contributed by atoms with van der Waals surface area (Å²) < 4.78 is 5.29. The first kappa shape index (κ1) is 18.1. The number of fused-ring (bicyclic) bond motifs is 1. The molecule has 3 aromatic rings. The second kappa shape index (κ2) is 8.56. The molecule has 1 heterocycles. The lowest BCUT2D eigenvalue weighted by atomic mass is 10.1. The molecule has 1 aromatic heterocycles. The molecule has 5 heteroatoms. The zero-order chi connectivity index (χ0) is 17.6. The molecule has 0 bridgehead atoms. The molecule has 0 amide bonds. The molecule has 0 aliphatic rings. The largest absolute Gasteiger partial charge is 0.423 e. The van der Waals surface area contributed by atoms with Crippen LogP contribution in [0.2, 0.25) is 5.02 Å². The van der Waals surface area contributed by atoms with Crippen LogP contribution >= 0.6 is 23.4 Å². The van der Waals surface area contributed by atoms with Crippen molar-refractivity contribution in [1.82, 2.24) is 5.32 Å². The van der Waals surface area contributed by atoms with Gasteiger partial charge in [0.25, 0.3) is 0 Å². The molecular weight excluding hydrogens is 354 g/mol. The average Bonchev–Trinajstić information content (AvgIpc) is 2.60. The van der Waals surface area contributed by atoms with Gasteiger partial charge in [0.15, 0.2) is 0 Å². The molecule has 130 valence electrons. The maximum atomic E-state index is 11.8. The molecule has 0 unspecified atom stereocenters. The van der Waals surface area contributed by atoms with Crippen molar-refractivity contribution in [3.63, 3.8) is 0 Å². The van der Waals surface area contributed by atoms with E-state index in [9.17, 15) is 4.79 Å². The van der Waals surface area contributed by atoms with Crippen LogP contribution < -0.4 is 10.9 Å². The van der Waals surface area contributed by atoms with Crippen LogP contribution in [0.15, 0.2) is 62.6 Å². The summed E-state index contributed by atoms with van der Waals surface area (Å²) in [7, 11) is 0. The third-order valence-corrected chi connectivity index (χ3v) is 5.44. The topological polar surface area (TPSA) is 42.2 Å². The highest BCUT2D eigenvalue weighted by molar-refractivity contribution is 7.99. The van der Waals surface area contributed by atoms with Crippen LogP contribution in [-0.2, 0) is 6.54 Å². The summed E-state index contributed by atoms with van der Waals surface area (Å²) in [4.78, 5) is 13.1. The molecule has 0 aliphatic heterocycles. The minimum Gasteiger partial charge on any atom is -0.423 e. The van der Waals surface area contributed by atoms with Crippen LogP contribution in [0.3, 0.4) is 0 Å². The number of rotatable bonds is 7. The molecule has 0 aliphatic carbocycles. The third kappa shape index (κ3) is 4.88. The summed E-state index contributed by atoms with van der Waals surface area (Å²) in [6.45, 7) is 3.41. The Balaban J connectivity index is 1.56. The summed E-state index contributed by atoms with van der Waals surface area (Å²) in [6.07, 6.45) is 1.05. The van der Waals surface area contributed by atoms with Crippen molar-refractivity contribution < 1.29 is 4.42 Å². The molecule has 25 heavy (non-hydrogen) atoms. The molecule has 0 radical (unpaired) electrons. The highest BCUT2D eigenvalue weighted by atomic mass is 35.5. The van der Waals surface area contributed by atoms with Crippen LogP contribution in [0.5, 0.6) is 0 Å².